The van der Waals surface area contributed by atoms with Crippen molar-refractivity contribution in [3.63, 3.8) is 0 Å². The summed E-state index contributed by atoms with van der Waals surface area (Å²) in [7, 11) is 0. The molecule has 0 bridgehead atoms. The molecule has 2 heterocycles. The van der Waals surface area contributed by atoms with Gasteiger partial charge in [0.1, 0.15) is 0 Å². The molecule has 0 saturated carbocycles. The van der Waals surface area contributed by atoms with Gasteiger partial charge < -0.3 is 15.0 Å². The van der Waals surface area contributed by atoms with E-state index in [2.05, 4.69) is 24.1 Å². The molecule has 2 aliphatic rings. The Kier molecular flexibility index (Phi) is 5.26. The van der Waals surface area contributed by atoms with Crippen molar-refractivity contribution < 1.29 is 4.74 Å². The Morgan fingerprint density at radius 3 is 2.47 bits per heavy atom. The van der Waals surface area contributed by atoms with Crippen molar-refractivity contribution in [1.82, 2.24) is 10.2 Å². The molecule has 3 heteroatoms. The second-order valence-electron chi connectivity index (χ2n) is 5.96. The van der Waals surface area contributed by atoms with Gasteiger partial charge in [-0.15, -0.1) is 0 Å². The fourth-order valence-electron chi connectivity index (χ4n) is 2.94. The zero-order valence-corrected chi connectivity index (χ0v) is 11.5. The van der Waals surface area contributed by atoms with Crippen LogP contribution in [-0.2, 0) is 4.74 Å². The standard InChI is InChI=1S/C14H28N2O/c1-12(2)16-6-3-14(11-16)10-15-9-13-4-7-17-8-5-13/h12-15H,3-11H2,1-2H3. The van der Waals surface area contributed by atoms with Crippen molar-refractivity contribution >= 4 is 0 Å². The predicted molar refractivity (Wildman–Crippen MR) is 71.2 cm³/mol. The Morgan fingerprint density at radius 1 is 1.12 bits per heavy atom. The average Bonchev–Trinajstić information content (AvgIpc) is 2.79. The monoisotopic (exact) mass is 240 g/mol. The van der Waals surface area contributed by atoms with E-state index in [9.17, 15) is 0 Å². The van der Waals surface area contributed by atoms with E-state index in [1.54, 1.807) is 0 Å². The number of likely N-dealkylation sites (tertiary alicyclic amines) is 1. The van der Waals surface area contributed by atoms with E-state index >= 15 is 0 Å². The van der Waals surface area contributed by atoms with Gasteiger partial charge in [-0.2, -0.15) is 0 Å². The molecule has 100 valence electrons. The van der Waals surface area contributed by atoms with Crippen LogP contribution >= 0.6 is 0 Å². The molecule has 2 saturated heterocycles. The molecule has 1 atom stereocenters. The minimum Gasteiger partial charge on any atom is -0.381 e. The van der Waals surface area contributed by atoms with E-state index in [0.717, 1.165) is 31.1 Å². The molecule has 3 nitrogen and oxygen atoms in total. The normalized spacial score (nSPS) is 28.1. The SMILES string of the molecule is CC(C)N1CCC(CNCC2CCOCC2)C1. The first kappa shape index (κ1) is 13.3. The lowest BCUT2D eigenvalue weighted by atomic mass is 10.00. The summed E-state index contributed by atoms with van der Waals surface area (Å²) in [5.74, 6) is 1.73. The molecule has 0 aromatic carbocycles. The minimum absolute atomic E-state index is 0.718. The Labute approximate surface area is 106 Å². The highest BCUT2D eigenvalue weighted by Gasteiger charge is 2.24. The van der Waals surface area contributed by atoms with E-state index in [-0.39, 0.29) is 0 Å². The van der Waals surface area contributed by atoms with Crippen molar-refractivity contribution in [1.29, 1.82) is 0 Å². The summed E-state index contributed by atoms with van der Waals surface area (Å²) in [5.41, 5.74) is 0. The summed E-state index contributed by atoms with van der Waals surface area (Å²) in [4.78, 5) is 2.60. The second-order valence-corrected chi connectivity index (χ2v) is 5.96. The first-order valence-corrected chi connectivity index (χ1v) is 7.28. The largest absolute Gasteiger partial charge is 0.381 e. The van der Waals surface area contributed by atoms with Crippen LogP contribution in [0.25, 0.3) is 0 Å². The lowest BCUT2D eigenvalue weighted by Crippen LogP contribution is -2.33. The van der Waals surface area contributed by atoms with Crippen LogP contribution in [0, 0.1) is 11.8 Å². The predicted octanol–water partition coefficient (Wildman–Crippen LogP) is 1.73. The number of nitrogens with zero attached hydrogens (tertiary/aromatic N) is 1. The van der Waals surface area contributed by atoms with E-state index in [1.807, 2.05) is 0 Å². The van der Waals surface area contributed by atoms with Gasteiger partial charge in [0.05, 0.1) is 0 Å². The Balaban J connectivity index is 1.56. The van der Waals surface area contributed by atoms with Crippen LogP contribution in [0.2, 0.25) is 0 Å². The third-order valence-corrected chi connectivity index (χ3v) is 4.25. The first-order chi connectivity index (χ1) is 8.25. The fourth-order valence-corrected chi connectivity index (χ4v) is 2.94. The van der Waals surface area contributed by atoms with Gasteiger partial charge in [0.25, 0.3) is 0 Å². The third-order valence-electron chi connectivity index (χ3n) is 4.25. The van der Waals surface area contributed by atoms with Gasteiger partial charge in [-0.05, 0) is 64.6 Å². The highest BCUT2D eigenvalue weighted by molar-refractivity contribution is 4.79. The van der Waals surface area contributed by atoms with Crippen LogP contribution in [0.3, 0.4) is 0 Å². The number of rotatable bonds is 5. The molecule has 0 amide bonds. The van der Waals surface area contributed by atoms with E-state index in [0.29, 0.717) is 0 Å². The topological polar surface area (TPSA) is 24.5 Å². The number of hydrogen-bond acceptors (Lipinski definition) is 3. The summed E-state index contributed by atoms with van der Waals surface area (Å²) in [5, 5.41) is 3.67. The molecule has 17 heavy (non-hydrogen) atoms. The highest BCUT2D eigenvalue weighted by atomic mass is 16.5. The van der Waals surface area contributed by atoms with E-state index in [1.165, 1.54) is 45.4 Å². The van der Waals surface area contributed by atoms with E-state index in [4.69, 9.17) is 4.74 Å². The Bertz CT molecular complexity index is 214. The maximum absolute atomic E-state index is 5.39. The second kappa shape index (κ2) is 6.72. The molecule has 1 unspecified atom stereocenters. The smallest absolute Gasteiger partial charge is 0.0469 e. The molecule has 2 rings (SSSR count). The highest BCUT2D eigenvalue weighted by Crippen LogP contribution is 2.18. The summed E-state index contributed by atoms with van der Waals surface area (Å²) >= 11 is 0. The lowest BCUT2D eigenvalue weighted by molar-refractivity contribution is 0.0660. The molecule has 0 aliphatic carbocycles. The van der Waals surface area contributed by atoms with Gasteiger partial charge in [0.15, 0.2) is 0 Å². The Morgan fingerprint density at radius 2 is 1.82 bits per heavy atom. The minimum atomic E-state index is 0.718. The van der Waals surface area contributed by atoms with Crippen molar-refractivity contribution in [2.75, 3.05) is 39.4 Å². The van der Waals surface area contributed by atoms with Crippen LogP contribution in [0.1, 0.15) is 33.1 Å². The first-order valence-electron chi connectivity index (χ1n) is 7.28. The van der Waals surface area contributed by atoms with Crippen LogP contribution in [0.15, 0.2) is 0 Å². The average molecular weight is 240 g/mol. The van der Waals surface area contributed by atoms with Crippen LogP contribution in [0.4, 0.5) is 0 Å². The summed E-state index contributed by atoms with van der Waals surface area (Å²) < 4.78 is 5.39. The molecular formula is C14H28N2O. The zero-order valence-electron chi connectivity index (χ0n) is 11.5. The molecule has 0 aromatic heterocycles. The summed E-state index contributed by atoms with van der Waals surface area (Å²) in [6.07, 6.45) is 3.87. The lowest BCUT2D eigenvalue weighted by Gasteiger charge is -2.23. The number of hydrogen-bond donors (Lipinski definition) is 1. The maximum Gasteiger partial charge on any atom is 0.0469 e. The van der Waals surface area contributed by atoms with Crippen molar-refractivity contribution in [3.05, 3.63) is 0 Å². The summed E-state index contributed by atoms with van der Waals surface area (Å²) in [6.45, 7) is 11.5. The molecular weight excluding hydrogens is 212 g/mol. The molecule has 0 radical (unpaired) electrons. The maximum atomic E-state index is 5.39. The van der Waals surface area contributed by atoms with Crippen molar-refractivity contribution in [2.45, 2.75) is 39.2 Å². The third kappa shape index (κ3) is 4.23. The molecule has 2 aliphatic heterocycles. The molecule has 0 aromatic rings. The molecule has 0 spiro atoms. The van der Waals surface area contributed by atoms with Crippen LogP contribution in [-0.4, -0.2) is 50.3 Å². The van der Waals surface area contributed by atoms with Gasteiger partial charge in [-0.3, -0.25) is 0 Å². The quantitative estimate of drug-likeness (QED) is 0.792. The Hall–Kier alpha value is -0.120. The van der Waals surface area contributed by atoms with Gasteiger partial charge in [0, 0.05) is 25.8 Å². The summed E-state index contributed by atoms with van der Waals surface area (Å²) in [6, 6.07) is 0.718. The van der Waals surface area contributed by atoms with Crippen LogP contribution < -0.4 is 5.32 Å². The van der Waals surface area contributed by atoms with Gasteiger partial charge in [-0.25, -0.2) is 0 Å². The fraction of sp³-hybridized carbons (Fsp3) is 1.00. The van der Waals surface area contributed by atoms with Gasteiger partial charge in [-0.1, -0.05) is 0 Å². The number of nitrogens with one attached hydrogen (secondary N) is 1. The van der Waals surface area contributed by atoms with E-state index < -0.39 is 0 Å². The van der Waals surface area contributed by atoms with Crippen molar-refractivity contribution in [3.8, 4) is 0 Å². The molecule has 2 fully saturated rings. The van der Waals surface area contributed by atoms with Gasteiger partial charge in [0.2, 0.25) is 0 Å². The zero-order chi connectivity index (χ0) is 12.1. The number of ether oxygens (including phenoxy) is 1. The molecule has 1 N–H and O–H groups in total. The van der Waals surface area contributed by atoms with Crippen molar-refractivity contribution in [2.24, 2.45) is 11.8 Å². The van der Waals surface area contributed by atoms with Gasteiger partial charge >= 0.3 is 0 Å². The van der Waals surface area contributed by atoms with Crippen LogP contribution in [0.5, 0.6) is 0 Å².